The molecule has 1 fully saturated rings. The lowest BCUT2D eigenvalue weighted by atomic mass is 10.0. The topological polar surface area (TPSA) is 82.0 Å². The lowest BCUT2D eigenvalue weighted by Gasteiger charge is -2.32. The fourth-order valence-corrected chi connectivity index (χ4v) is 4.70. The first kappa shape index (κ1) is 20.1. The predicted octanol–water partition coefficient (Wildman–Crippen LogP) is 2.90. The Morgan fingerprint density at radius 3 is 2.77 bits per heavy atom. The number of nitrogens with zero attached hydrogens (tertiary/aromatic N) is 5. The quantitative estimate of drug-likeness (QED) is 0.729. The van der Waals surface area contributed by atoms with Gasteiger partial charge in [-0.2, -0.15) is 5.10 Å². The molecule has 31 heavy (non-hydrogen) atoms. The second-order valence-electron chi connectivity index (χ2n) is 8.39. The molecule has 0 bridgehead atoms. The van der Waals surface area contributed by atoms with Crippen molar-refractivity contribution in [2.45, 2.75) is 45.7 Å². The Hall–Kier alpha value is -2.81. The van der Waals surface area contributed by atoms with E-state index in [2.05, 4.69) is 27.6 Å². The lowest BCUT2D eigenvalue weighted by molar-refractivity contribution is 0.0649. The first-order valence-corrected chi connectivity index (χ1v) is 11.0. The van der Waals surface area contributed by atoms with Gasteiger partial charge >= 0.3 is 6.09 Å². The van der Waals surface area contributed by atoms with Gasteiger partial charge in [-0.3, -0.25) is 4.68 Å². The van der Waals surface area contributed by atoms with Crippen molar-refractivity contribution >= 4 is 17.6 Å². The molecule has 1 saturated heterocycles. The molecule has 0 saturated carbocycles. The second-order valence-corrected chi connectivity index (χ2v) is 8.39. The van der Waals surface area contributed by atoms with E-state index in [9.17, 15) is 4.79 Å². The van der Waals surface area contributed by atoms with Crippen molar-refractivity contribution in [1.82, 2.24) is 19.7 Å². The van der Waals surface area contributed by atoms with Gasteiger partial charge in [-0.05, 0) is 38.3 Å². The van der Waals surface area contributed by atoms with Gasteiger partial charge in [0.05, 0.1) is 26.2 Å². The molecule has 1 amide bonds. The molecule has 0 spiro atoms. The molecule has 0 N–H and O–H groups in total. The summed E-state index contributed by atoms with van der Waals surface area (Å²) < 4.78 is 18.6. The van der Waals surface area contributed by atoms with E-state index in [0.29, 0.717) is 38.2 Å². The Labute approximate surface area is 181 Å². The third-order valence-electron chi connectivity index (χ3n) is 6.55. The zero-order valence-corrected chi connectivity index (χ0v) is 18.4. The summed E-state index contributed by atoms with van der Waals surface area (Å²) in [6, 6.07) is 2.44. The molecule has 0 aliphatic carbocycles. The highest BCUT2D eigenvalue weighted by atomic mass is 16.5. The van der Waals surface area contributed by atoms with Crippen LogP contribution >= 0.6 is 0 Å². The largest absolute Gasteiger partial charge is 0.474 e. The molecular weight excluding hydrogens is 398 g/mol. The van der Waals surface area contributed by atoms with Crippen LogP contribution < -0.4 is 9.64 Å². The number of aromatic nitrogens is 3. The Bertz CT molecular complexity index is 998. The van der Waals surface area contributed by atoms with Crippen LogP contribution in [-0.4, -0.2) is 65.8 Å². The summed E-state index contributed by atoms with van der Waals surface area (Å²) in [4.78, 5) is 20.9. The van der Waals surface area contributed by atoms with Crippen LogP contribution in [0, 0.1) is 13.8 Å². The minimum atomic E-state index is -0.300. The number of ether oxygens (including phenoxy) is 3. The number of carbonyl (C=O) groups is 1. The molecule has 166 valence electrons. The van der Waals surface area contributed by atoms with Crippen molar-refractivity contribution in [3.63, 3.8) is 0 Å². The summed E-state index contributed by atoms with van der Waals surface area (Å²) in [5.74, 6) is 1.54. The van der Waals surface area contributed by atoms with E-state index in [-0.39, 0.29) is 6.09 Å². The Morgan fingerprint density at radius 2 is 2.00 bits per heavy atom. The average Bonchev–Trinajstić information content (AvgIpc) is 3.18. The van der Waals surface area contributed by atoms with Gasteiger partial charge in [-0.1, -0.05) is 0 Å². The summed E-state index contributed by atoms with van der Waals surface area (Å²) >= 11 is 0. The molecule has 0 atom stereocenters. The van der Waals surface area contributed by atoms with Gasteiger partial charge < -0.3 is 24.0 Å². The Balaban J connectivity index is 1.60. The minimum absolute atomic E-state index is 0.300. The van der Waals surface area contributed by atoms with Gasteiger partial charge in [-0.25, -0.2) is 9.78 Å². The summed E-state index contributed by atoms with van der Waals surface area (Å²) in [5, 5.41) is 5.13. The van der Waals surface area contributed by atoms with Crippen LogP contribution in [0.5, 0.6) is 5.88 Å². The second kappa shape index (κ2) is 8.03. The first-order chi connectivity index (χ1) is 15.1. The van der Waals surface area contributed by atoms with E-state index < -0.39 is 0 Å². The first-order valence-electron chi connectivity index (χ1n) is 11.0. The number of anilines is 2. The van der Waals surface area contributed by atoms with Crippen LogP contribution in [0.15, 0.2) is 6.07 Å². The summed E-state index contributed by atoms with van der Waals surface area (Å²) in [6.45, 7) is 7.92. The molecule has 0 aromatic carbocycles. The zero-order valence-electron chi connectivity index (χ0n) is 18.4. The lowest BCUT2D eigenvalue weighted by Crippen LogP contribution is -2.37. The number of hydrogen-bond donors (Lipinski definition) is 0. The van der Waals surface area contributed by atoms with E-state index in [1.165, 1.54) is 12.8 Å². The molecule has 3 aliphatic rings. The predicted molar refractivity (Wildman–Crippen MR) is 114 cm³/mol. The number of aryl methyl sites for hydroxylation is 2. The molecule has 0 unspecified atom stereocenters. The van der Waals surface area contributed by atoms with E-state index in [0.717, 1.165) is 60.8 Å². The molecule has 2 aromatic rings. The fourth-order valence-electron chi connectivity index (χ4n) is 4.70. The number of fused-ring (bicyclic) bond motifs is 2. The highest BCUT2D eigenvalue weighted by molar-refractivity contribution is 5.72. The van der Waals surface area contributed by atoms with Crippen molar-refractivity contribution in [3.05, 3.63) is 28.6 Å². The van der Waals surface area contributed by atoms with Crippen molar-refractivity contribution < 1.29 is 19.0 Å². The van der Waals surface area contributed by atoms with Crippen LogP contribution in [-0.2, 0) is 22.4 Å². The van der Waals surface area contributed by atoms with Crippen molar-refractivity contribution in [3.8, 4) is 5.88 Å². The van der Waals surface area contributed by atoms with Gasteiger partial charge in [-0.15, -0.1) is 0 Å². The molecule has 2 aromatic heterocycles. The molecular formula is C22H29N5O4. The van der Waals surface area contributed by atoms with Gasteiger partial charge in [0.2, 0.25) is 5.88 Å². The highest BCUT2D eigenvalue weighted by Crippen LogP contribution is 2.40. The maximum atomic E-state index is 12.3. The smallest absolute Gasteiger partial charge is 0.409 e. The van der Waals surface area contributed by atoms with Crippen molar-refractivity contribution in [1.29, 1.82) is 0 Å². The van der Waals surface area contributed by atoms with Crippen LogP contribution in [0.3, 0.4) is 0 Å². The molecule has 0 radical (unpaired) electrons. The number of methoxy groups -OCH3 is 1. The van der Waals surface area contributed by atoms with Gasteiger partial charge in [0, 0.05) is 43.1 Å². The zero-order chi connectivity index (χ0) is 21.5. The summed E-state index contributed by atoms with van der Waals surface area (Å²) in [5.41, 5.74) is 5.32. The van der Waals surface area contributed by atoms with E-state index >= 15 is 0 Å². The molecule has 5 rings (SSSR count). The third kappa shape index (κ3) is 3.50. The number of rotatable bonds is 2. The average molecular weight is 428 g/mol. The number of hydrogen-bond acceptors (Lipinski definition) is 7. The highest BCUT2D eigenvalue weighted by Gasteiger charge is 2.34. The third-order valence-corrected chi connectivity index (χ3v) is 6.55. The minimum Gasteiger partial charge on any atom is -0.474 e. The number of carbonyl (C=O) groups excluding carboxylic acids is 1. The summed E-state index contributed by atoms with van der Waals surface area (Å²) in [6.07, 6.45) is 2.37. The Kier molecular flexibility index (Phi) is 5.21. The van der Waals surface area contributed by atoms with E-state index in [1.54, 1.807) is 4.90 Å². The van der Waals surface area contributed by atoms with Crippen molar-refractivity contribution in [2.24, 2.45) is 0 Å². The molecule has 3 aliphatic heterocycles. The van der Waals surface area contributed by atoms with Crippen LogP contribution in [0.1, 0.15) is 41.4 Å². The van der Waals surface area contributed by atoms with Gasteiger partial charge in [0.25, 0.3) is 0 Å². The number of amides is 1. The van der Waals surface area contributed by atoms with Crippen molar-refractivity contribution in [2.75, 3.05) is 44.9 Å². The van der Waals surface area contributed by atoms with Crippen LogP contribution in [0.25, 0.3) is 0 Å². The van der Waals surface area contributed by atoms with E-state index in [4.69, 9.17) is 19.3 Å². The number of pyridine rings is 1. The van der Waals surface area contributed by atoms with Crippen LogP contribution in [0.2, 0.25) is 0 Å². The monoisotopic (exact) mass is 427 g/mol. The standard InChI is InChI=1S/C22H29N5O4/c1-14-12-19-21(23-15(14)2)31-11-8-26(19)20-17-13-25(22(28)29-3)7-4-18(17)27(24-20)16-5-9-30-10-6-16/h12,16H,4-11,13H2,1-3H3. The van der Waals surface area contributed by atoms with Crippen LogP contribution in [0.4, 0.5) is 16.3 Å². The fraction of sp³-hybridized carbons (Fsp3) is 0.591. The maximum Gasteiger partial charge on any atom is 0.409 e. The summed E-state index contributed by atoms with van der Waals surface area (Å²) in [7, 11) is 1.43. The SMILES string of the molecule is COC(=O)N1CCc2c(c(N3CCOc4nc(C)c(C)cc43)nn2C2CCOCC2)C1. The molecule has 9 heteroatoms. The molecule has 9 nitrogen and oxygen atoms in total. The Morgan fingerprint density at radius 1 is 1.19 bits per heavy atom. The maximum absolute atomic E-state index is 12.3. The van der Waals surface area contributed by atoms with E-state index in [1.807, 2.05) is 6.92 Å². The van der Waals surface area contributed by atoms with Gasteiger partial charge in [0.1, 0.15) is 12.3 Å². The molecule has 5 heterocycles. The van der Waals surface area contributed by atoms with Gasteiger partial charge in [0.15, 0.2) is 5.82 Å². The normalized spacial score (nSPS) is 18.9.